The van der Waals surface area contributed by atoms with Crippen molar-refractivity contribution in [2.75, 3.05) is 19.9 Å². The van der Waals surface area contributed by atoms with Gasteiger partial charge in [0.2, 0.25) is 0 Å². The largest absolute Gasteiger partial charge is 0.494 e. The third-order valence-electron chi connectivity index (χ3n) is 5.99. The molecular weight excluding hydrogens is 447 g/mol. The minimum atomic E-state index is -2.80. The molecule has 2 N–H and O–H groups in total. The number of nitrogens with two attached hydrogens (primary N) is 1. The van der Waals surface area contributed by atoms with E-state index in [1.165, 1.54) is 32.6 Å². The van der Waals surface area contributed by atoms with Crippen LogP contribution < -0.4 is 10.5 Å². The van der Waals surface area contributed by atoms with Gasteiger partial charge in [0.25, 0.3) is 0 Å². The molecule has 1 aliphatic heterocycles. The summed E-state index contributed by atoms with van der Waals surface area (Å²) >= 11 is 0. The summed E-state index contributed by atoms with van der Waals surface area (Å²) in [6, 6.07) is 6.16. The van der Waals surface area contributed by atoms with Crippen molar-refractivity contribution in [3.05, 3.63) is 48.0 Å². The van der Waals surface area contributed by atoms with Crippen molar-refractivity contribution >= 4 is 15.6 Å². The highest BCUT2D eigenvalue weighted by Gasteiger charge is 2.47. The Balaban J connectivity index is 1.76. The topological polar surface area (TPSA) is 129 Å². The highest BCUT2D eigenvalue weighted by molar-refractivity contribution is 7.95. The van der Waals surface area contributed by atoms with E-state index in [-0.39, 0.29) is 17.2 Å². The highest BCUT2D eigenvalue weighted by atomic mass is 32.2. The fraction of sp³-hybridized carbons (Fsp3) is 0.364. The predicted molar refractivity (Wildman–Crippen MR) is 124 cm³/mol. The summed E-state index contributed by atoms with van der Waals surface area (Å²) in [5, 5.41) is 4.02. The molecule has 0 bridgehead atoms. The Kier molecular flexibility index (Phi) is 5.47. The van der Waals surface area contributed by atoms with Crippen LogP contribution in [0.5, 0.6) is 5.75 Å². The second kappa shape index (κ2) is 7.91. The standard InChI is InChI=1S/C22H25FN6O3S/c1-21(2)20(24)28-22(3,12-33(21,30)25-4)15-8-13(6-7-16(15)23)18-9-17(29-32-18)19-26-10-14(31-5)11-27-19/h6-11H,12H2,1-5H3,(H2,24,28)/t22-,33+/m0/s1. The van der Waals surface area contributed by atoms with E-state index in [0.29, 0.717) is 28.6 Å². The van der Waals surface area contributed by atoms with Gasteiger partial charge in [0, 0.05) is 24.2 Å². The van der Waals surface area contributed by atoms with Crippen molar-refractivity contribution in [1.29, 1.82) is 0 Å². The van der Waals surface area contributed by atoms with Crippen LogP contribution in [0.3, 0.4) is 0 Å². The van der Waals surface area contributed by atoms with E-state index in [2.05, 4.69) is 24.5 Å². The van der Waals surface area contributed by atoms with Crippen molar-refractivity contribution in [3.63, 3.8) is 0 Å². The van der Waals surface area contributed by atoms with Crippen LogP contribution >= 0.6 is 0 Å². The molecule has 1 aromatic carbocycles. The van der Waals surface area contributed by atoms with Crippen LogP contribution in [0.15, 0.2) is 50.5 Å². The van der Waals surface area contributed by atoms with E-state index in [0.717, 1.165) is 0 Å². The number of aliphatic imine (C=N–C) groups is 1. The van der Waals surface area contributed by atoms with Gasteiger partial charge < -0.3 is 15.0 Å². The van der Waals surface area contributed by atoms with Crippen LogP contribution in [-0.2, 0) is 15.3 Å². The normalized spacial score (nSPS) is 24.2. The first-order chi connectivity index (χ1) is 15.5. The van der Waals surface area contributed by atoms with Crippen LogP contribution in [0.25, 0.3) is 22.8 Å². The Morgan fingerprint density at radius 3 is 2.55 bits per heavy atom. The summed E-state index contributed by atoms with van der Waals surface area (Å²) in [7, 11) is 0.215. The van der Waals surface area contributed by atoms with Gasteiger partial charge in [0.1, 0.15) is 21.9 Å². The summed E-state index contributed by atoms with van der Waals surface area (Å²) in [5.74, 6) is 0.986. The number of halogens is 1. The molecular formula is C22H25FN6O3S. The van der Waals surface area contributed by atoms with Gasteiger partial charge in [-0.2, -0.15) is 0 Å². The minimum Gasteiger partial charge on any atom is -0.494 e. The molecule has 0 spiro atoms. The molecule has 0 fully saturated rings. The zero-order valence-electron chi connectivity index (χ0n) is 19.0. The first-order valence-corrected chi connectivity index (χ1v) is 11.8. The Bertz CT molecular complexity index is 1360. The summed E-state index contributed by atoms with van der Waals surface area (Å²) in [6.07, 6.45) is 3.05. The van der Waals surface area contributed by atoms with E-state index in [1.54, 1.807) is 39.0 Å². The molecule has 0 amide bonds. The van der Waals surface area contributed by atoms with Crippen LogP contribution in [0, 0.1) is 5.82 Å². The van der Waals surface area contributed by atoms with Gasteiger partial charge >= 0.3 is 0 Å². The monoisotopic (exact) mass is 472 g/mol. The maximum absolute atomic E-state index is 15.0. The maximum atomic E-state index is 15.0. The number of methoxy groups -OCH3 is 1. The first kappa shape index (κ1) is 22.8. The third kappa shape index (κ3) is 3.75. The lowest BCUT2D eigenvalue weighted by atomic mass is 9.91. The molecule has 11 heteroatoms. The van der Waals surface area contributed by atoms with E-state index in [4.69, 9.17) is 15.0 Å². The molecule has 3 aromatic rings. The quantitative estimate of drug-likeness (QED) is 0.616. The summed E-state index contributed by atoms with van der Waals surface area (Å²) in [5.41, 5.74) is 6.26. The lowest BCUT2D eigenvalue weighted by Gasteiger charge is -2.40. The Hall–Kier alpha value is -3.34. The zero-order chi connectivity index (χ0) is 24.0. The van der Waals surface area contributed by atoms with Gasteiger partial charge in [0.15, 0.2) is 23.0 Å². The number of rotatable bonds is 4. The SMILES string of the molecule is CN=[S@@]1(=O)C[C@@](C)(c2cc(-c3cc(-c4ncc(OC)cn4)no3)ccc2F)N=C(N)C1(C)C. The fourth-order valence-electron chi connectivity index (χ4n) is 3.75. The van der Waals surface area contributed by atoms with Crippen molar-refractivity contribution in [3.8, 4) is 28.6 Å². The van der Waals surface area contributed by atoms with E-state index in [9.17, 15) is 4.21 Å². The van der Waals surface area contributed by atoms with Crippen molar-refractivity contribution in [2.45, 2.75) is 31.1 Å². The second-order valence-electron chi connectivity index (χ2n) is 8.47. The van der Waals surface area contributed by atoms with Crippen molar-refractivity contribution in [1.82, 2.24) is 15.1 Å². The maximum Gasteiger partial charge on any atom is 0.181 e. The molecule has 0 unspecified atom stereocenters. The highest BCUT2D eigenvalue weighted by Crippen LogP contribution is 2.40. The Morgan fingerprint density at radius 2 is 1.91 bits per heavy atom. The molecule has 0 radical (unpaired) electrons. The van der Waals surface area contributed by atoms with Crippen LogP contribution in [0.2, 0.25) is 0 Å². The average Bonchev–Trinajstić information content (AvgIpc) is 3.28. The molecule has 9 nitrogen and oxygen atoms in total. The molecule has 4 rings (SSSR count). The van der Waals surface area contributed by atoms with Gasteiger partial charge in [-0.25, -0.2) is 22.9 Å². The average molecular weight is 473 g/mol. The Labute approximate surface area is 191 Å². The number of hydrogen-bond acceptors (Lipinski definition) is 9. The lowest BCUT2D eigenvalue weighted by molar-refractivity contribution is 0.410. The number of aromatic nitrogens is 3. The molecule has 0 saturated heterocycles. The summed E-state index contributed by atoms with van der Waals surface area (Å²) in [6.45, 7) is 5.19. The minimum absolute atomic E-state index is 0.0336. The first-order valence-electron chi connectivity index (χ1n) is 10.1. The van der Waals surface area contributed by atoms with E-state index in [1.807, 2.05) is 0 Å². The Morgan fingerprint density at radius 1 is 1.21 bits per heavy atom. The molecule has 1 aliphatic rings. The molecule has 0 saturated carbocycles. The molecule has 2 atom stereocenters. The molecule has 3 heterocycles. The number of nitrogens with zero attached hydrogens (tertiary/aromatic N) is 5. The smallest absolute Gasteiger partial charge is 0.181 e. The fourth-order valence-corrected chi connectivity index (χ4v) is 6.05. The van der Waals surface area contributed by atoms with Crippen molar-refractivity contribution < 1.29 is 17.9 Å². The van der Waals surface area contributed by atoms with E-state index >= 15 is 4.39 Å². The molecule has 174 valence electrons. The lowest BCUT2D eigenvalue weighted by Crippen LogP contribution is -2.54. The summed E-state index contributed by atoms with van der Waals surface area (Å²) < 4.78 is 42.4. The van der Waals surface area contributed by atoms with Gasteiger partial charge in [0.05, 0.1) is 35.0 Å². The molecule has 0 aliphatic carbocycles. The number of amidine groups is 1. The molecule has 33 heavy (non-hydrogen) atoms. The summed E-state index contributed by atoms with van der Waals surface area (Å²) in [4.78, 5) is 13.0. The van der Waals surface area contributed by atoms with Crippen LogP contribution in [0.4, 0.5) is 4.39 Å². The zero-order valence-corrected chi connectivity index (χ0v) is 19.8. The van der Waals surface area contributed by atoms with Crippen LogP contribution in [-0.4, -0.2) is 49.8 Å². The van der Waals surface area contributed by atoms with E-state index < -0.39 is 25.8 Å². The second-order valence-corrected chi connectivity index (χ2v) is 11.4. The van der Waals surface area contributed by atoms with Gasteiger partial charge in [-0.1, -0.05) is 5.16 Å². The third-order valence-corrected chi connectivity index (χ3v) is 9.33. The number of benzene rings is 1. The number of ether oxygens (including phenoxy) is 1. The van der Waals surface area contributed by atoms with Gasteiger partial charge in [-0.05, 0) is 39.0 Å². The molecule has 2 aromatic heterocycles. The predicted octanol–water partition coefficient (Wildman–Crippen LogP) is 3.41. The van der Waals surface area contributed by atoms with Gasteiger partial charge in [-0.3, -0.25) is 4.99 Å². The van der Waals surface area contributed by atoms with Crippen molar-refractivity contribution in [2.24, 2.45) is 15.1 Å². The number of hydrogen-bond donors (Lipinski definition) is 1. The van der Waals surface area contributed by atoms with Crippen LogP contribution in [0.1, 0.15) is 26.3 Å². The van der Waals surface area contributed by atoms with Gasteiger partial charge in [-0.15, -0.1) is 0 Å².